The molecule has 7 heteroatoms. The molecule has 386 valence electrons. The van der Waals surface area contributed by atoms with E-state index in [0.29, 0.717) is 0 Å². The standard InChI is InChI=1S/C74H53BN2O3S/c1-73(2,3)46-32-34-49(35-33-46)76-54-36-30-44(42-20-10-7-11-21-42)38-52(54)60-62-50-26-16-18-28-56(50)78-69(62)65-71(67(60)76)80-58-40-47(74(4,5)6)41-59-64(58)75(65)66-70-63(51-27-17-19-29-57(51)79-70)61-53-39-45(43-22-12-8-13-23-43)31-37-55(53)77(68(61)72(66)81-59)48-24-14-9-15-25-48/h7-41H,1-6H3. The number of fused-ring (bicyclic) bond motifs is 22. The van der Waals surface area contributed by atoms with Gasteiger partial charge in [0.2, 0.25) is 0 Å². The van der Waals surface area contributed by atoms with Gasteiger partial charge in [-0.15, -0.1) is 0 Å². The first-order valence-electron chi connectivity index (χ1n) is 28.2. The van der Waals surface area contributed by atoms with Gasteiger partial charge in [-0.3, -0.25) is 0 Å². The van der Waals surface area contributed by atoms with Gasteiger partial charge in [-0.05, 0) is 128 Å². The van der Waals surface area contributed by atoms with E-state index in [9.17, 15) is 0 Å². The van der Waals surface area contributed by atoms with Gasteiger partial charge >= 0.3 is 0 Å². The highest BCUT2D eigenvalue weighted by molar-refractivity contribution is 8.00. The van der Waals surface area contributed by atoms with Crippen molar-refractivity contribution in [1.82, 2.24) is 9.13 Å². The molecule has 0 N–H and O–H groups in total. The predicted octanol–water partition coefficient (Wildman–Crippen LogP) is 18.7. The van der Waals surface area contributed by atoms with Crippen LogP contribution in [0, 0.1) is 0 Å². The first-order valence-corrected chi connectivity index (χ1v) is 29.0. The Hall–Kier alpha value is -9.17. The van der Waals surface area contributed by atoms with E-state index in [1.165, 1.54) is 37.9 Å². The van der Waals surface area contributed by atoms with Crippen LogP contribution in [-0.2, 0) is 10.8 Å². The van der Waals surface area contributed by atoms with Gasteiger partial charge in [-0.1, -0.05) is 193 Å². The van der Waals surface area contributed by atoms with E-state index in [1.807, 2.05) is 11.8 Å². The SMILES string of the molecule is CC(C)(C)c1ccc(-n2c3ccc(-c4ccccc4)cc3c3c4c(oc5ccccc54)c4c(c32)Oc2cc(C(C)(C)C)cc3c2B4c2c(c4c(c5cc(-c6ccccc6)ccc5n4-c4ccccc4)c4c2oc2ccccc24)S3)cc1. The van der Waals surface area contributed by atoms with Crippen LogP contribution >= 0.6 is 11.8 Å². The molecule has 0 amide bonds. The number of furan rings is 2. The molecule has 17 rings (SSSR count). The van der Waals surface area contributed by atoms with Crippen molar-refractivity contribution in [2.24, 2.45) is 0 Å². The lowest BCUT2D eigenvalue weighted by molar-refractivity contribution is 0.485. The third-order valence-electron chi connectivity index (χ3n) is 17.5. The normalized spacial score (nSPS) is 13.3. The summed E-state index contributed by atoms with van der Waals surface area (Å²) in [7, 11) is 0. The van der Waals surface area contributed by atoms with Crippen LogP contribution in [-0.4, -0.2) is 15.8 Å². The second-order valence-electron chi connectivity index (χ2n) is 24.3. The Morgan fingerprint density at radius 1 is 0.395 bits per heavy atom. The monoisotopic (exact) mass is 1060 g/mol. The molecule has 0 aliphatic carbocycles. The molecule has 81 heavy (non-hydrogen) atoms. The lowest BCUT2D eigenvalue weighted by Crippen LogP contribution is -2.58. The summed E-state index contributed by atoms with van der Waals surface area (Å²) in [5, 5.41) is 8.92. The van der Waals surface area contributed by atoms with E-state index in [2.05, 4.69) is 263 Å². The predicted molar refractivity (Wildman–Crippen MR) is 340 cm³/mol. The highest BCUT2D eigenvalue weighted by atomic mass is 32.2. The van der Waals surface area contributed by atoms with Crippen LogP contribution in [0.3, 0.4) is 0 Å². The molecule has 2 aliphatic rings. The van der Waals surface area contributed by atoms with Crippen molar-refractivity contribution >= 4 is 122 Å². The molecule has 0 fully saturated rings. The summed E-state index contributed by atoms with van der Waals surface area (Å²) in [5.41, 5.74) is 20.1. The highest BCUT2D eigenvalue weighted by Crippen LogP contribution is 2.53. The molecule has 0 saturated carbocycles. The quantitative estimate of drug-likeness (QED) is 0.165. The second kappa shape index (κ2) is 16.7. The summed E-state index contributed by atoms with van der Waals surface area (Å²) in [4.78, 5) is 2.33. The summed E-state index contributed by atoms with van der Waals surface area (Å²) in [6, 6.07) is 77.6. The van der Waals surface area contributed by atoms with Crippen LogP contribution in [0.1, 0.15) is 52.7 Å². The van der Waals surface area contributed by atoms with Crippen molar-refractivity contribution in [3.8, 4) is 45.1 Å². The number of rotatable bonds is 4. The molecule has 0 spiro atoms. The summed E-state index contributed by atoms with van der Waals surface area (Å²) in [6.07, 6.45) is 0. The second-order valence-corrected chi connectivity index (χ2v) is 25.4. The lowest BCUT2D eigenvalue weighted by Gasteiger charge is -2.35. The van der Waals surface area contributed by atoms with Gasteiger partial charge in [0, 0.05) is 69.7 Å². The third kappa shape index (κ3) is 6.64. The Kier molecular flexibility index (Phi) is 9.63. The molecule has 5 nitrogen and oxygen atoms in total. The van der Waals surface area contributed by atoms with Gasteiger partial charge in [0.1, 0.15) is 28.1 Å². The van der Waals surface area contributed by atoms with Gasteiger partial charge in [0.25, 0.3) is 6.71 Å². The average molecular weight is 1060 g/mol. The molecule has 0 bridgehead atoms. The molecule has 0 radical (unpaired) electrons. The molecule has 15 aromatic rings. The van der Waals surface area contributed by atoms with Gasteiger partial charge in [-0.2, -0.15) is 0 Å². The smallest absolute Gasteiger partial charge is 0.263 e. The zero-order valence-electron chi connectivity index (χ0n) is 45.8. The van der Waals surface area contributed by atoms with Gasteiger partial charge < -0.3 is 22.7 Å². The Balaban J connectivity index is 1.09. The number of ether oxygens (including phenoxy) is 1. The van der Waals surface area contributed by atoms with Crippen molar-refractivity contribution in [3.05, 3.63) is 223 Å². The third-order valence-corrected chi connectivity index (χ3v) is 18.7. The molecular weight excluding hydrogens is 1010 g/mol. The van der Waals surface area contributed by atoms with E-state index in [4.69, 9.17) is 13.6 Å². The molecule has 11 aromatic carbocycles. The zero-order valence-corrected chi connectivity index (χ0v) is 46.6. The molecule has 2 aliphatic heterocycles. The van der Waals surface area contributed by atoms with E-state index in [-0.39, 0.29) is 17.5 Å². The van der Waals surface area contributed by atoms with Crippen LogP contribution in [0.4, 0.5) is 0 Å². The lowest BCUT2D eigenvalue weighted by atomic mass is 9.35. The van der Waals surface area contributed by atoms with Gasteiger partial charge in [0.05, 0.1) is 22.1 Å². The number of hydrogen-bond acceptors (Lipinski definition) is 4. The van der Waals surface area contributed by atoms with Crippen LogP contribution < -0.4 is 21.1 Å². The number of benzene rings is 11. The highest BCUT2D eigenvalue weighted by Gasteiger charge is 2.47. The Labute approximate surface area is 473 Å². The van der Waals surface area contributed by atoms with Crippen molar-refractivity contribution in [3.63, 3.8) is 0 Å². The first kappa shape index (κ1) is 46.7. The summed E-state index contributed by atoms with van der Waals surface area (Å²) in [6.45, 7) is 13.4. The van der Waals surface area contributed by atoms with Crippen molar-refractivity contribution in [2.45, 2.75) is 62.2 Å². The van der Waals surface area contributed by atoms with Crippen LogP contribution in [0.5, 0.6) is 11.5 Å². The summed E-state index contributed by atoms with van der Waals surface area (Å²) >= 11 is 1.86. The van der Waals surface area contributed by atoms with Crippen molar-refractivity contribution in [2.75, 3.05) is 0 Å². The molecule has 0 unspecified atom stereocenters. The molecule has 0 saturated heterocycles. The zero-order chi connectivity index (χ0) is 54.2. The molecular formula is C74H53BN2O3S. The molecule has 6 heterocycles. The number of para-hydroxylation sites is 3. The summed E-state index contributed by atoms with van der Waals surface area (Å²) in [5.74, 6) is 1.65. The van der Waals surface area contributed by atoms with Gasteiger partial charge in [-0.25, -0.2) is 0 Å². The van der Waals surface area contributed by atoms with E-state index >= 15 is 0 Å². The first-order chi connectivity index (χ1) is 39.5. The summed E-state index contributed by atoms with van der Waals surface area (Å²) < 4.78 is 28.0. The maximum Gasteiger partial charge on any atom is 0.263 e. The number of hydrogen-bond donors (Lipinski definition) is 0. The van der Waals surface area contributed by atoms with E-state index in [0.717, 1.165) is 132 Å². The minimum Gasteiger partial charge on any atom is -0.457 e. The van der Waals surface area contributed by atoms with Crippen molar-refractivity contribution in [1.29, 1.82) is 0 Å². The van der Waals surface area contributed by atoms with Crippen LogP contribution in [0.25, 0.3) is 121 Å². The number of aromatic nitrogens is 2. The fraction of sp³-hybridized carbons (Fsp3) is 0.108. The molecule has 4 aromatic heterocycles. The maximum atomic E-state index is 7.90. The largest absolute Gasteiger partial charge is 0.457 e. The fourth-order valence-electron chi connectivity index (χ4n) is 13.7. The topological polar surface area (TPSA) is 45.4 Å². The van der Waals surface area contributed by atoms with Crippen molar-refractivity contribution < 1.29 is 13.6 Å². The Morgan fingerprint density at radius 3 is 1.46 bits per heavy atom. The number of nitrogens with zero attached hydrogens (tertiary/aromatic N) is 2. The minimum atomic E-state index is -0.388. The Bertz CT molecular complexity index is 5170. The van der Waals surface area contributed by atoms with Crippen LogP contribution in [0.2, 0.25) is 0 Å². The fourth-order valence-corrected chi connectivity index (χ4v) is 15.0. The maximum absolute atomic E-state index is 7.90. The van der Waals surface area contributed by atoms with E-state index in [1.54, 1.807) is 0 Å². The van der Waals surface area contributed by atoms with Gasteiger partial charge in [0.15, 0.2) is 5.75 Å². The molecule has 0 atom stereocenters. The Morgan fingerprint density at radius 2 is 0.889 bits per heavy atom. The van der Waals surface area contributed by atoms with Crippen LogP contribution in [0.15, 0.2) is 231 Å². The van der Waals surface area contributed by atoms with E-state index < -0.39 is 0 Å². The average Bonchev–Trinajstić information content (AvgIpc) is 2.21. The minimum absolute atomic E-state index is 0.0313.